The molecule has 0 aliphatic carbocycles. The van der Waals surface area contributed by atoms with Gasteiger partial charge in [-0.25, -0.2) is 24.3 Å². The molecule has 0 bridgehead atoms. The van der Waals surface area contributed by atoms with E-state index in [0.717, 1.165) is 26.3 Å². The number of aryl methyl sites for hydroxylation is 2. The second-order valence-corrected chi connectivity index (χ2v) is 11.6. The maximum absolute atomic E-state index is 15.7. The molecule has 0 spiro atoms. The number of hydrogen-bond acceptors (Lipinski definition) is 9. The maximum atomic E-state index is 15.7. The summed E-state index contributed by atoms with van der Waals surface area (Å²) in [6.07, 6.45) is 3.24. The number of hydrogen-bond donors (Lipinski definition) is 2. The van der Waals surface area contributed by atoms with Crippen LogP contribution in [0.3, 0.4) is 0 Å². The third-order valence-electron chi connectivity index (χ3n) is 7.26. The number of halogens is 1. The maximum Gasteiger partial charge on any atom is 0.322 e. The van der Waals surface area contributed by atoms with E-state index in [0.29, 0.717) is 45.0 Å². The third-order valence-corrected chi connectivity index (χ3v) is 8.52. The molecule has 0 radical (unpaired) electrons. The number of nitrogens with zero attached hydrogens (tertiary/aromatic N) is 4. The van der Waals surface area contributed by atoms with Gasteiger partial charge in [-0.05, 0) is 73.9 Å². The molecule has 3 N–H and O–H groups in total. The molecule has 4 aromatic heterocycles. The lowest BCUT2D eigenvalue weighted by Crippen LogP contribution is -2.11. The number of fused-ring (bicyclic) bond motifs is 1. The Labute approximate surface area is 268 Å². The number of thiophene rings is 1. The van der Waals surface area contributed by atoms with Crippen LogP contribution in [0.25, 0.3) is 42.9 Å². The van der Waals surface area contributed by atoms with Crippen LogP contribution in [-0.2, 0) is 4.79 Å². The van der Waals surface area contributed by atoms with Crippen molar-refractivity contribution < 1.29 is 18.7 Å². The Hall–Kier alpha value is -5.68. The van der Waals surface area contributed by atoms with Crippen molar-refractivity contribution in [2.75, 3.05) is 18.2 Å². The summed E-state index contributed by atoms with van der Waals surface area (Å²) in [5.74, 6) is -0.136. The summed E-state index contributed by atoms with van der Waals surface area (Å²) in [6.45, 7) is 9.11. The van der Waals surface area contributed by atoms with Crippen molar-refractivity contribution in [3.05, 3.63) is 102 Å². The first-order valence-electron chi connectivity index (χ1n) is 14.2. The zero-order valence-electron chi connectivity index (χ0n) is 25.5. The number of amides is 1. The number of rotatable bonds is 8. The lowest BCUT2D eigenvalue weighted by atomic mass is 9.95. The van der Waals surface area contributed by atoms with Gasteiger partial charge in [0.15, 0.2) is 11.6 Å². The molecule has 0 fully saturated rings. The van der Waals surface area contributed by atoms with Crippen LogP contribution in [-0.4, -0.2) is 33.0 Å². The predicted molar refractivity (Wildman–Crippen MR) is 180 cm³/mol. The molecule has 230 valence electrons. The fraction of sp³-hybridized carbons (Fsp3) is 0.114. The minimum Gasteiger partial charge on any atom is -0.481 e. The molecule has 6 aromatic rings. The van der Waals surface area contributed by atoms with Gasteiger partial charge in [-0.3, -0.25) is 4.79 Å². The van der Waals surface area contributed by atoms with Crippen LogP contribution in [0.1, 0.15) is 18.2 Å². The molecule has 0 aliphatic heterocycles. The van der Waals surface area contributed by atoms with Crippen molar-refractivity contribution in [2.45, 2.75) is 20.8 Å². The topological polar surface area (TPSA) is 125 Å². The lowest BCUT2D eigenvalue weighted by molar-refractivity contribution is -0.112. The van der Waals surface area contributed by atoms with Gasteiger partial charge in [0.1, 0.15) is 5.82 Å². The van der Waals surface area contributed by atoms with Crippen LogP contribution in [0, 0.1) is 19.7 Å². The average molecular weight is 633 g/mol. The van der Waals surface area contributed by atoms with Crippen molar-refractivity contribution in [3.63, 3.8) is 0 Å². The Bertz CT molecular complexity index is 2160. The standard InChI is InChI=1S/C35H29FN6O3S/c1-18(2)34(43)41-22-10-11-23(19(3)15-22)31-29(21-9-12-27(25(36)16-21)45-35-38-14-13-20(4)40-35)30-32(46-31)24(17-39-33(30)37)26-7-6-8-28(42-26)44-5/h6-17H,1H2,2-5H3,(H2,37,39)(H,41,43). The number of anilines is 2. The number of nitrogen functional groups attached to an aromatic ring is 1. The molecular weight excluding hydrogens is 603 g/mol. The molecule has 0 saturated carbocycles. The Kier molecular flexibility index (Phi) is 8.16. The van der Waals surface area contributed by atoms with Crippen molar-refractivity contribution in [3.8, 4) is 50.5 Å². The van der Waals surface area contributed by atoms with E-state index < -0.39 is 5.82 Å². The van der Waals surface area contributed by atoms with Crippen molar-refractivity contribution in [1.29, 1.82) is 0 Å². The average Bonchev–Trinajstić information content (AvgIpc) is 3.43. The molecule has 46 heavy (non-hydrogen) atoms. The van der Waals surface area contributed by atoms with E-state index in [4.69, 9.17) is 15.2 Å². The van der Waals surface area contributed by atoms with Gasteiger partial charge in [0.05, 0.1) is 17.5 Å². The van der Waals surface area contributed by atoms with Gasteiger partial charge in [-0.15, -0.1) is 11.3 Å². The highest BCUT2D eigenvalue weighted by molar-refractivity contribution is 7.23. The molecular formula is C35H29FN6O3S. The van der Waals surface area contributed by atoms with Crippen LogP contribution < -0.4 is 20.5 Å². The predicted octanol–water partition coefficient (Wildman–Crippen LogP) is 8.14. The fourth-order valence-electron chi connectivity index (χ4n) is 5.00. The zero-order chi connectivity index (χ0) is 32.5. The summed E-state index contributed by atoms with van der Waals surface area (Å²) < 4.78 is 27.6. The molecule has 0 aliphatic rings. The highest BCUT2D eigenvalue weighted by Crippen LogP contribution is 2.50. The highest BCUT2D eigenvalue weighted by Gasteiger charge is 2.24. The molecule has 0 atom stereocenters. The number of carbonyl (C=O) groups excluding carboxylic acids is 1. The first kappa shape index (κ1) is 30.4. The second-order valence-electron chi connectivity index (χ2n) is 10.6. The number of methoxy groups -OCH3 is 1. The van der Waals surface area contributed by atoms with E-state index in [1.165, 1.54) is 17.4 Å². The summed E-state index contributed by atoms with van der Waals surface area (Å²) >= 11 is 1.50. The number of pyridine rings is 2. The highest BCUT2D eigenvalue weighted by atomic mass is 32.1. The van der Waals surface area contributed by atoms with Gasteiger partial charge >= 0.3 is 6.01 Å². The molecule has 0 unspecified atom stereocenters. The number of carbonyl (C=O) groups is 1. The van der Waals surface area contributed by atoms with E-state index in [1.54, 1.807) is 57.6 Å². The fourth-order valence-corrected chi connectivity index (χ4v) is 6.44. The van der Waals surface area contributed by atoms with Crippen molar-refractivity contribution in [2.24, 2.45) is 0 Å². The van der Waals surface area contributed by atoms with Gasteiger partial charge < -0.3 is 20.5 Å². The lowest BCUT2D eigenvalue weighted by Gasteiger charge is -2.13. The molecule has 1 amide bonds. The summed E-state index contributed by atoms with van der Waals surface area (Å²) in [4.78, 5) is 30.6. The van der Waals surface area contributed by atoms with Gasteiger partial charge in [0, 0.05) is 56.8 Å². The van der Waals surface area contributed by atoms with E-state index >= 15 is 4.39 Å². The van der Waals surface area contributed by atoms with Crippen molar-refractivity contribution >= 4 is 38.8 Å². The van der Waals surface area contributed by atoms with E-state index in [1.807, 2.05) is 37.3 Å². The van der Waals surface area contributed by atoms with Crippen LogP contribution in [0.15, 0.2) is 85.2 Å². The number of benzene rings is 2. The van der Waals surface area contributed by atoms with E-state index in [-0.39, 0.29) is 23.5 Å². The summed E-state index contributed by atoms with van der Waals surface area (Å²) in [5, 5.41) is 3.53. The van der Waals surface area contributed by atoms with Crippen LogP contribution in [0.4, 0.5) is 15.9 Å². The minimum atomic E-state index is -0.598. The smallest absolute Gasteiger partial charge is 0.322 e. The first-order valence-corrected chi connectivity index (χ1v) is 15.0. The summed E-state index contributed by atoms with van der Waals surface area (Å²) in [7, 11) is 1.56. The molecule has 4 heterocycles. The SMILES string of the molecule is C=C(C)C(=O)Nc1ccc(-c2sc3c(-c4cccc(OC)n4)cnc(N)c3c2-c2ccc(Oc3nccc(C)n3)c(F)c2)c(C)c1. The second kappa shape index (κ2) is 12.4. The van der Waals surface area contributed by atoms with Crippen molar-refractivity contribution in [1.82, 2.24) is 19.9 Å². The Morgan fingerprint density at radius 3 is 2.57 bits per heavy atom. The van der Waals surface area contributed by atoms with Crippen LogP contribution in [0.2, 0.25) is 0 Å². The van der Waals surface area contributed by atoms with Crippen LogP contribution >= 0.6 is 11.3 Å². The Balaban J connectivity index is 1.55. The quantitative estimate of drug-likeness (QED) is 0.161. The molecule has 6 rings (SSSR count). The zero-order valence-corrected chi connectivity index (χ0v) is 26.3. The van der Waals surface area contributed by atoms with Gasteiger partial charge in [-0.1, -0.05) is 24.8 Å². The van der Waals surface area contributed by atoms with Gasteiger partial charge in [0.25, 0.3) is 5.91 Å². The monoisotopic (exact) mass is 632 g/mol. The molecule has 11 heteroatoms. The van der Waals surface area contributed by atoms with E-state index in [9.17, 15) is 4.79 Å². The normalized spacial score (nSPS) is 11.0. The number of nitrogens with two attached hydrogens (primary N) is 1. The van der Waals surface area contributed by atoms with Gasteiger partial charge in [-0.2, -0.15) is 0 Å². The first-order chi connectivity index (χ1) is 22.1. The number of ether oxygens (including phenoxy) is 2. The Morgan fingerprint density at radius 2 is 1.85 bits per heavy atom. The molecule has 0 saturated heterocycles. The summed E-state index contributed by atoms with van der Waals surface area (Å²) in [5.41, 5.74) is 12.7. The minimum absolute atomic E-state index is 0.0170. The van der Waals surface area contributed by atoms with Crippen LogP contribution in [0.5, 0.6) is 17.6 Å². The number of aromatic nitrogens is 4. The Morgan fingerprint density at radius 1 is 1.02 bits per heavy atom. The molecule has 9 nitrogen and oxygen atoms in total. The number of nitrogens with one attached hydrogen (secondary N) is 1. The third kappa shape index (κ3) is 5.87. The summed E-state index contributed by atoms with van der Waals surface area (Å²) in [6, 6.07) is 17.6. The van der Waals surface area contributed by atoms with E-state index in [2.05, 4.69) is 31.8 Å². The van der Waals surface area contributed by atoms with Gasteiger partial charge in [0.2, 0.25) is 5.88 Å². The largest absolute Gasteiger partial charge is 0.481 e. The molecule has 2 aromatic carbocycles.